The number of carboxylic acids is 1. The first-order valence-electron chi connectivity index (χ1n) is 10.3. The Labute approximate surface area is 197 Å². The van der Waals surface area contributed by atoms with Gasteiger partial charge in [-0.05, 0) is 29.7 Å². The van der Waals surface area contributed by atoms with Gasteiger partial charge < -0.3 is 19.5 Å². The molecule has 7 nitrogen and oxygen atoms in total. The average Bonchev–Trinajstić information content (AvgIpc) is 2.84. The van der Waals surface area contributed by atoms with Crippen LogP contribution in [0.15, 0.2) is 54.6 Å². The van der Waals surface area contributed by atoms with Crippen LogP contribution in [0.2, 0.25) is 0 Å². The van der Waals surface area contributed by atoms with E-state index >= 15 is 0 Å². The van der Waals surface area contributed by atoms with Gasteiger partial charge in [0.15, 0.2) is 11.8 Å². The number of benzene rings is 2. The summed E-state index contributed by atoms with van der Waals surface area (Å²) in [7, 11) is 1.51. The molecule has 0 aliphatic heterocycles. The zero-order valence-corrected chi connectivity index (χ0v) is 19.0. The fourth-order valence-electron chi connectivity index (χ4n) is 3.25. The van der Waals surface area contributed by atoms with Gasteiger partial charge in [-0.1, -0.05) is 42.5 Å². The predicted octanol–water partition coefficient (Wildman–Crippen LogP) is 3.48. The number of carbonyl (C=O) groups is 3. The van der Waals surface area contributed by atoms with Crippen molar-refractivity contribution < 1.29 is 33.4 Å². The molecule has 1 N–H and O–H groups in total. The number of methoxy groups -OCH3 is 1. The molecule has 0 heterocycles. The van der Waals surface area contributed by atoms with Crippen LogP contribution in [-0.4, -0.2) is 60.0 Å². The normalized spacial score (nSPS) is 12.6. The van der Waals surface area contributed by atoms with Crippen molar-refractivity contribution in [1.82, 2.24) is 4.90 Å². The topological polar surface area (TPSA) is 93.1 Å². The molecule has 0 fully saturated rings. The van der Waals surface area contributed by atoms with Gasteiger partial charge in [0.1, 0.15) is 18.3 Å². The van der Waals surface area contributed by atoms with Gasteiger partial charge in [0.2, 0.25) is 5.91 Å². The first kappa shape index (κ1) is 26.3. The first-order valence-corrected chi connectivity index (χ1v) is 10.9. The summed E-state index contributed by atoms with van der Waals surface area (Å²) in [5.74, 6) is -3.88. The summed E-state index contributed by atoms with van der Waals surface area (Å²) in [5, 5.41) is 9.88. The van der Waals surface area contributed by atoms with E-state index in [1.54, 1.807) is 24.3 Å². The Morgan fingerprint density at radius 2 is 1.73 bits per heavy atom. The lowest BCUT2D eigenvalue weighted by Gasteiger charge is -2.31. The quantitative estimate of drug-likeness (QED) is 0.329. The minimum Gasteiger partial charge on any atom is -0.497 e. The number of aliphatic carboxylic acids is 1. The van der Waals surface area contributed by atoms with Crippen LogP contribution in [0.4, 0.5) is 4.39 Å². The molecule has 2 rings (SSSR count). The summed E-state index contributed by atoms with van der Waals surface area (Å²) in [6, 6.07) is 14.4. The summed E-state index contributed by atoms with van der Waals surface area (Å²) in [6.45, 7) is -1.63. The number of alkyl halides is 2. The number of amides is 1. The third kappa shape index (κ3) is 7.83. The van der Waals surface area contributed by atoms with E-state index < -0.39 is 36.3 Å². The van der Waals surface area contributed by atoms with E-state index in [0.29, 0.717) is 11.3 Å². The van der Waals surface area contributed by atoms with Crippen molar-refractivity contribution in [3.63, 3.8) is 0 Å². The van der Waals surface area contributed by atoms with E-state index in [2.05, 4.69) is 0 Å². The monoisotopic (exact) mass is 479 g/mol. The Hall–Kier alpha value is -2.97. The van der Waals surface area contributed by atoms with Crippen molar-refractivity contribution in [2.24, 2.45) is 5.92 Å². The van der Waals surface area contributed by atoms with Crippen LogP contribution in [0.5, 0.6) is 5.75 Å². The number of halogens is 2. The van der Waals surface area contributed by atoms with Crippen molar-refractivity contribution in [1.29, 1.82) is 0 Å². The van der Waals surface area contributed by atoms with Crippen LogP contribution in [0.1, 0.15) is 17.5 Å². The maximum absolute atomic E-state index is 13.3. The van der Waals surface area contributed by atoms with Gasteiger partial charge in [-0.15, -0.1) is 11.6 Å². The maximum atomic E-state index is 13.3. The Morgan fingerprint density at radius 1 is 1.06 bits per heavy atom. The molecule has 2 aromatic carbocycles. The number of hydrogen-bond acceptors (Lipinski definition) is 5. The second-order valence-corrected chi connectivity index (χ2v) is 7.68. The van der Waals surface area contributed by atoms with Crippen molar-refractivity contribution in [2.75, 3.05) is 26.3 Å². The molecule has 0 bridgehead atoms. The molecule has 0 saturated carbocycles. The summed E-state index contributed by atoms with van der Waals surface area (Å²) < 4.78 is 23.8. The van der Waals surface area contributed by atoms with Crippen LogP contribution in [0, 0.1) is 5.92 Å². The number of rotatable bonds is 14. The number of hydrogen-bond donors (Lipinski definition) is 1. The minimum absolute atomic E-state index is 0.0548. The van der Waals surface area contributed by atoms with Crippen molar-refractivity contribution in [2.45, 2.75) is 25.6 Å². The molecule has 2 atom stereocenters. The number of carbonyl (C=O) groups excluding carboxylic acids is 2. The van der Waals surface area contributed by atoms with Gasteiger partial charge in [0.05, 0.1) is 20.3 Å². The number of Topliss-reactive ketones (excluding diaryl/α,β-unsaturated/α-hetero) is 1. The molecule has 33 heavy (non-hydrogen) atoms. The lowest BCUT2D eigenvalue weighted by atomic mass is 9.98. The highest BCUT2D eigenvalue weighted by atomic mass is 35.5. The van der Waals surface area contributed by atoms with Gasteiger partial charge >= 0.3 is 5.97 Å². The molecule has 0 aromatic heterocycles. The van der Waals surface area contributed by atoms with Gasteiger partial charge in [-0.3, -0.25) is 9.59 Å². The molecular weight excluding hydrogens is 453 g/mol. The highest BCUT2D eigenvalue weighted by molar-refractivity contribution is 6.18. The van der Waals surface area contributed by atoms with Crippen LogP contribution < -0.4 is 4.74 Å². The van der Waals surface area contributed by atoms with Gasteiger partial charge in [0.25, 0.3) is 0 Å². The van der Waals surface area contributed by atoms with E-state index in [-0.39, 0.29) is 32.1 Å². The lowest BCUT2D eigenvalue weighted by Crippen LogP contribution is -2.51. The second kappa shape index (κ2) is 13.5. The fraction of sp³-hybridized carbons (Fsp3) is 0.375. The van der Waals surface area contributed by atoms with E-state index in [4.69, 9.17) is 21.1 Å². The Bertz CT molecular complexity index is 909. The third-order valence-corrected chi connectivity index (χ3v) is 5.28. The molecule has 2 aromatic rings. The Kier molecular flexibility index (Phi) is 10.8. The molecule has 1 unspecified atom stereocenters. The molecule has 178 valence electrons. The van der Waals surface area contributed by atoms with Gasteiger partial charge in [-0.25, -0.2) is 9.18 Å². The Morgan fingerprint density at radius 3 is 2.27 bits per heavy atom. The smallest absolute Gasteiger partial charge is 0.328 e. The number of ether oxygens (including phenoxy) is 2. The van der Waals surface area contributed by atoms with Crippen molar-refractivity contribution >= 4 is 29.3 Å². The summed E-state index contributed by atoms with van der Waals surface area (Å²) in [5.41, 5.74) is 1.44. The predicted molar refractivity (Wildman–Crippen MR) is 121 cm³/mol. The third-order valence-electron chi connectivity index (χ3n) is 5.06. The van der Waals surface area contributed by atoms with E-state index in [1.807, 2.05) is 30.3 Å². The molecule has 1 amide bonds. The zero-order chi connectivity index (χ0) is 24.2. The highest BCUT2D eigenvalue weighted by Gasteiger charge is 2.36. The molecule has 0 aliphatic rings. The number of ketones is 1. The SMILES string of the molecule is COc1ccc(CN(C(=O)[C@H](CCCl)C(=O)CF)C(COCc2ccccc2)C(=O)O)cc1. The largest absolute Gasteiger partial charge is 0.497 e. The van der Waals surface area contributed by atoms with E-state index in [1.165, 1.54) is 7.11 Å². The Balaban J connectivity index is 2.30. The zero-order valence-electron chi connectivity index (χ0n) is 18.3. The standard InChI is InChI=1S/C24H27ClFNO6/c1-32-19-9-7-17(8-10-19)14-27(23(29)20(11-12-25)22(28)13-26)21(24(30)31)16-33-15-18-5-3-2-4-6-18/h2-10,20-21H,11-16H2,1H3,(H,30,31)/t20-,21?/m1/s1. The molecule has 0 saturated heterocycles. The average molecular weight is 480 g/mol. The first-order chi connectivity index (χ1) is 15.9. The number of nitrogens with zero attached hydrogens (tertiary/aromatic N) is 1. The van der Waals surface area contributed by atoms with Crippen LogP contribution in [-0.2, 0) is 32.3 Å². The maximum Gasteiger partial charge on any atom is 0.328 e. The van der Waals surface area contributed by atoms with Crippen LogP contribution in [0.25, 0.3) is 0 Å². The van der Waals surface area contributed by atoms with Crippen LogP contribution in [0.3, 0.4) is 0 Å². The summed E-state index contributed by atoms with van der Waals surface area (Å²) >= 11 is 5.73. The molecular formula is C24H27ClFNO6. The van der Waals surface area contributed by atoms with E-state index in [9.17, 15) is 23.9 Å². The molecule has 0 aliphatic carbocycles. The van der Waals surface area contributed by atoms with Gasteiger partial charge in [0, 0.05) is 12.4 Å². The highest BCUT2D eigenvalue weighted by Crippen LogP contribution is 2.20. The van der Waals surface area contributed by atoms with E-state index in [0.717, 1.165) is 10.5 Å². The molecule has 9 heteroatoms. The van der Waals surface area contributed by atoms with Crippen molar-refractivity contribution in [3.8, 4) is 5.75 Å². The van der Waals surface area contributed by atoms with Crippen LogP contribution >= 0.6 is 11.6 Å². The molecule has 0 spiro atoms. The summed E-state index contributed by atoms with van der Waals surface area (Å²) in [4.78, 5) is 38.5. The lowest BCUT2D eigenvalue weighted by molar-refractivity contribution is -0.157. The second-order valence-electron chi connectivity index (χ2n) is 7.30. The fourth-order valence-corrected chi connectivity index (χ4v) is 3.47. The molecule has 0 radical (unpaired) electrons. The summed E-state index contributed by atoms with van der Waals surface area (Å²) in [6.07, 6.45) is -0.0978. The minimum atomic E-state index is -1.39. The van der Waals surface area contributed by atoms with Gasteiger partial charge in [-0.2, -0.15) is 0 Å². The van der Waals surface area contributed by atoms with Crippen molar-refractivity contribution in [3.05, 3.63) is 65.7 Å². The number of carboxylic acid groups (broad SMARTS) is 1.